The van der Waals surface area contributed by atoms with Gasteiger partial charge in [-0.3, -0.25) is 4.79 Å². The van der Waals surface area contributed by atoms with Gasteiger partial charge in [-0.25, -0.2) is 4.79 Å². The van der Waals surface area contributed by atoms with Crippen LogP contribution in [0.25, 0.3) is 0 Å². The molecule has 5 heteroatoms. The second kappa shape index (κ2) is 3.48. The highest BCUT2D eigenvalue weighted by Gasteiger charge is 2.38. The lowest BCUT2D eigenvalue weighted by molar-refractivity contribution is -0.117. The molecule has 1 atom stereocenters. The largest absolute Gasteiger partial charge is 0.478 e. The first-order valence-corrected chi connectivity index (χ1v) is 5.60. The van der Waals surface area contributed by atoms with E-state index in [1.807, 2.05) is 0 Å². The number of carbonyl (C=O) groups is 2. The van der Waals surface area contributed by atoms with E-state index in [2.05, 4.69) is 10.6 Å². The van der Waals surface area contributed by atoms with Crippen LogP contribution in [-0.4, -0.2) is 23.0 Å². The van der Waals surface area contributed by atoms with Crippen LogP contribution in [0.5, 0.6) is 0 Å². The van der Waals surface area contributed by atoms with Crippen molar-refractivity contribution in [3.63, 3.8) is 0 Å². The molecule has 3 rings (SSSR count). The van der Waals surface area contributed by atoms with E-state index < -0.39 is 5.97 Å². The van der Waals surface area contributed by atoms with E-state index in [0.717, 1.165) is 18.5 Å². The van der Waals surface area contributed by atoms with Gasteiger partial charge in [0.25, 0.3) is 0 Å². The number of nitrogens with one attached hydrogen (secondary N) is 2. The molecule has 0 saturated heterocycles. The summed E-state index contributed by atoms with van der Waals surface area (Å²) in [7, 11) is 0. The molecule has 1 saturated carbocycles. The minimum Gasteiger partial charge on any atom is -0.478 e. The number of hydrogen-bond acceptors (Lipinski definition) is 3. The quantitative estimate of drug-likeness (QED) is 0.722. The number of fused-ring (bicyclic) bond motifs is 1. The van der Waals surface area contributed by atoms with Crippen LogP contribution in [0.15, 0.2) is 18.2 Å². The molecule has 1 aliphatic heterocycles. The van der Waals surface area contributed by atoms with Crippen molar-refractivity contribution in [1.82, 2.24) is 0 Å². The summed E-state index contributed by atoms with van der Waals surface area (Å²) in [5.41, 5.74) is 1.52. The maximum atomic E-state index is 11.8. The Hall–Kier alpha value is -2.04. The van der Waals surface area contributed by atoms with E-state index in [1.54, 1.807) is 6.07 Å². The molecule has 1 unspecified atom stereocenters. The van der Waals surface area contributed by atoms with Crippen LogP contribution in [0.3, 0.4) is 0 Å². The monoisotopic (exact) mass is 232 g/mol. The van der Waals surface area contributed by atoms with Gasteiger partial charge >= 0.3 is 5.97 Å². The summed E-state index contributed by atoms with van der Waals surface area (Å²) in [6, 6.07) is 4.55. The minimum atomic E-state index is -0.994. The molecule has 0 aromatic heterocycles. The highest BCUT2D eigenvalue weighted by molar-refractivity contribution is 6.04. The third-order valence-corrected chi connectivity index (χ3v) is 3.21. The van der Waals surface area contributed by atoms with Crippen molar-refractivity contribution in [2.75, 3.05) is 10.6 Å². The standard InChI is InChI=1S/C12H12N2O3/c15-11-10(6-1-2-6)13-8-4-3-7(12(16)17)5-9(8)14-11/h3-6,10,13H,1-2H2,(H,14,15)(H,16,17). The zero-order valence-corrected chi connectivity index (χ0v) is 9.06. The van der Waals surface area contributed by atoms with E-state index in [0.29, 0.717) is 11.6 Å². The second-order valence-electron chi connectivity index (χ2n) is 4.51. The Balaban J connectivity index is 1.93. The normalized spacial score (nSPS) is 22.4. The number of amides is 1. The van der Waals surface area contributed by atoms with E-state index in [4.69, 9.17) is 5.11 Å². The summed E-state index contributed by atoms with van der Waals surface area (Å²) in [4.78, 5) is 22.6. The second-order valence-corrected chi connectivity index (χ2v) is 4.51. The van der Waals surface area contributed by atoms with Crippen LogP contribution < -0.4 is 10.6 Å². The van der Waals surface area contributed by atoms with Crippen molar-refractivity contribution in [2.45, 2.75) is 18.9 Å². The number of rotatable bonds is 2. The molecule has 1 aliphatic carbocycles. The highest BCUT2D eigenvalue weighted by atomic mass is 16.4. The maximum Gasteiger partial charge on any atom is 0.335 e. The molecule has 0 radical (unpaired) electrons. The zero-order chi connectivity index (χ0) is 12.0. The van der Waals surface area contributed by atoms with Crippen LogP contribution in [-0.2, 0) is 4.79 Å². The van der Waals surface area contributed by atoms with Gasteiger partial charge in [-0.2, -0.15) is 0 Å². The first-order chi connectivity index (χ1) is 8.15. The average Bonchev–Trinajstić information content (AvgIpc) is 3.11. The van der Waals surface area contributed by atoms with Crippen LogP contribution in [0.4, 0.5) is 11.4 Å². The Morgan fingerprint density at radius 1 is 1.29 bits per heavy atom. The third-order valence-electron chi connectivity index (χ3n) is 3.21. The summed E-state index contributed by atoms with van der Waals surface area (Å²) < 4.78 is 0. The van der Waals surface area contributed by atoms with Gasteiger partial charge in [-0.1, -0.05) is 0 Å². The molecular formula is C12H12N2O3. The number of carbonyl (C=O) groups excluding carboxylic acids is 1. The molecule has 1 aromatic rings. The lowest BCUT2D eigenvalue weighted by atomic mass is 10.1. The molecule has 0 bridgehead atoms. The summed E-state index contributed by atoms with van der Waals surface area (Å²) in [5, 5.41) is 14.8. The van der Waals surface area contributed by atoms with Crippen molar-refractivity contribution >= 4 is 23.3 Å². The SMILES string of the molecule is O=C(O)c1ccc2c(c1)NC(=O)C(C1CC1)N2. The number of aromatic carboxylic acids is 1. The lowest BCUT2D eigenvalue weighted by Gasteiger charge is -2.26. The van der Waals surface area contributed by atoms with Gasteiger partial charge < -0.3 is 15.7 Å². The Morgan fingerprint density at radius 2 is 2.06 bits per heavy atom. The van der Waals surface area contributed by atoms with Gasteiger partial charge in [-0.15, -0.1) is 0 Å². The van der Waals surface area contributed by atoms with Crippen LogP contribution in [0.1, 0.15) is 23.2 Å². The van der Waals surface area contributed by atoms with Crippen molar-refractivity contribution < 1.29 is 14.7 Å². The van der Waals surface area contributed by atoms with Gasteiger partial charge in [0.05, 0.1) is 16.9 Å². The number of carboxylic acid groups (broad SMARTS) is 1. The number of benzene rings is 1. The van der Waals surface area contributed by atoms with Crippen LogP contribution in [0.2, 0.25) is 0 Å². The molecule has 1 fully saturated rings. The molecule has 17 heavy (non-hydrogen) atoms. The predicted octanol–water partition coefficient (Wildman–Crippen LogP) is 1.53. The molecule has 1 aromatic carbocycles. The lowest BCUT2D eigenvalue weighted by Crippen LogP contribution is -2.40. The Morgan fingerprint density at radius 3 is 2.71 bits per heavy atom. The van der Waals surface area contributed by atoms with Crippen molar-refractivity contribution in [2.24, 2.45) is 5.92 Å². The smallest absolute Gasteiger partial charge is 0.335 e. The predicted molar refractivity (Wildman–Crippen MR) is 62.2 cm³/mol. The Labute approximate surface area is 97.8 Å². The van der Waals surface area contributed by atoms with Gasteiger partial charge in [0.15, 0.2) is 0 Å². The van der Waals surface area contributed by atoms with E-state index in [9.17, 15) is 9.59 Å². The fraction of sp³-hybridized carbons (Fsp3) is 0.333. The van der Waals surface area contributed by atoms with Crippen molar-refractivity contribution in [1.29, 1.82) is 0 Å². The number of carboxylic acids is 1. The van der Waals surface area contributed by atoms with E-state index in [1.165, 1.54) is 12.1 Å². The highest BCUT2D eigenvalue weighted by Crippen LogP contribution is 2.38. The molecule has 1 heterocycles. The molecule has 88 valence electrons. The minimum absolute atomic E-state index is 0.0671. The first kappa shape index (κ1) is 10.1. The molecule has 3 N–H and O–H groups in total. The van der Waals surface area contributed by atoms with Gasteiger partial charge in [0, 0.05) is 0 Å². The average molecular weight is 232 g/mol. The van der Waals surface area contributed by atoms with Crippen LogP contribution >= 0.6 is 0 Å². The fourth-order valence-corrected chi connectivity index (χ4v) is 2.11. The first-order valence-electron chi connectivity index (χ1n) is 5.60. The van der Waals surface area contributed by atoms with Gasteiger partial charge in [0.2, 0.25) is 5.91 Å². The van der Waals surface area contributed by atoms with Crippen molar-refractivity contribution in [3.05, 3.63) is 23.8 Å². The molecular weight excluding hydrogens is 220 g/mol. The third kappa shape index (κ3) is 1.73. The van der Waals surface area contributed by atoms with Crippen LogP contribution in [0, 0.1) is 5.92 Å². The summed E-state index contributed by atoms with van der Waals surface area (Å²) in [5.74, 6) is -0.642. The van der Waals surface area contributed by atoms with Gasteiger partial charge in [-0.05, 0) is 37.0 Å². The van der Waals surface area contributed by atoms with E-state index in [-0.39, 0.29) is 17.5 Å². The van der Waals surface area contributed by atoms with E-state index >= 15 is 0 Å². The summed E-state index contributed by atoms with van der Waals surface area (Å²) in [6.45, 7) is 0. The summed E-state index contributed by atoms with van der Waals surface area (Å²) >= 11 is 0. The zero-order valence-electron chi connectivity index (χ0n) is 9.06. The Kier molecular flexibility index (Phi) is 2.07. The summed E-state index contributed by atoms with van der Waals surface area (Å²) in [6.07, 6.45) is 2.15. The Bertz CT molecular complexity index is 508. The molecule has 0 spiro atoms. The van der Waals surface area contributed by atoms with Gasteiger partial charge in [0.1, 0.15) is 6.04 Å². The molecule has 5 nitrogen and oxygen atoms in total. The molecule has 2 aliphatic rings. The maximum absolute atomic E-state index is 11.8. The van der Waals surface area contributed by atoms with Crippen molar-refractivity contribution in [3.8, 4) is 0 Å². The fourth-order valence-electron chi connectivity index (χ4n) is 2.11. The molecule has 1 amide bonds. The number of anilines is 2. The topological polar surface area (TPSA) is 78.4 Å². The number of hydrogen-bond donors (Lipinski definition) is 3.